The predicted octanol–water partition coefficient (Wildman–Crippen LogP) is 4.04. The summed E-state index contributed by atoms with van der Waals surface area (Å²) in [6.07, 6.45) is 6.75. The highest BCUT2D eigenvalue weighted by Crippen LogP contribution is 2.33. The van der Waals surface area contributed by atoms with Gasteiger partial charge in [-0.3, -0.25) is 0 Å². The molecule has 1 unspecified atom stereocenters. The number of ether oxygens (including phenoxy) is 2. The van der Waals surface area contributed by atoms with Gasteiger partial charge in [0.05, 0.1) is 19.6 Å². The van der Waals surface area contributed by atoms with E-state index in [-0.39, 0.29) is 5.92 Å². The van der Waals surface area contributed by atoms with Crippen molar-refractivity contribution >= 4 is 11.6 Å². The minimum Gasteiger partial charge on any atom is -0.500 e. The SMILES string of the molecule is CC.COCC1=C(C)C=C(OC)C2C=C1C=c1cc(C)ccc1=C2C. The van der Waals surface area contributed by atoms with Crippen molar-refractivity contribution in [1.82, 2.24) is 0 Å². The summed E-state index contributed by atoms with van der Waals surface area (Å²) in [7, 11) is 3.50. The second-order valence-corrected chi connectivity index (χ2v) is 6.36. The average molecular weight is 338 g/mol. The molecule has 0 saturated carbocycles. The molecule has 2 aliphatic rings. The van der Waals surface area contributed by atoms with Crippen LogP contribution >= 0.6 is 0 Å². The molecule has 1 atom stereocenters. The van der Waals surface area contributed by atoms with Crippen molar-refractivity contribution in [3.05, 3.63) is 68.8 Å². The lowest BCUT2D eigenvalue weighted by Gasteiger charge is -2.16. The van der Waals surface area contributed by atoms with Crippen molar-refractivity contribution in [1.29, 1.82) is 0 Å². The summed E-state index contributed by atoms with van der Waals surface area (Å²) in [5.74, 6) is 1.16. The Morgan fingerprint density at radius 2 is 1.72 bits per heavy atom. The molecule has 0 aromatic heterocycles. The minimum atomic E-state index is 0.166. The van der Waals surface area contributed by atoms with Crippen molar-refractivity contribution < 1.29 is 9.47 Å². The Kier molecular flexibility index (Phi) is 6.44. The van der Waals surface area contributed by atoms with Crippen molar-refractivity contribution in [3.8, 4) is 0 Å². The van der Waals surface area contributed by atoms with Gasteiger partial charge in [-0.2, -0.15) is 0 Å². The molecule has 1 aromatic rings. The van der Waals surface area contributed by atoms with Gasteiger partial charge < -0.3 is 9.47 Å². The first-order valence-electron chi connectivity index (χ1n) is 9.00. The van der Waals surface area contributed by atoms with E-state index >= 15 is 0 Å². The number of aryl methyl sites for hydroxylation is 1. The standard InChI is InChI=1S/C21H24O2.C2H6/c1-13-6-7-18-15(3)19-11-17(10-16(18)8-13)20(12-22-4)14(2)9-21(19)23-5;1-2/h6-11,19H,12H2,1-5H3;1-2H3. The van der Waals surface area contributed by atoms with E-state index in [2.05, 4.69) is 57.2 Å². The van der Waals surface area contributed by atoms with Crippen LogP contribution in [-0.2, 0) is 9.47 Å². The summed E-state index contributed by atoms with van der Waals surface area (Å²) in [4.78, 5) is 0. The monoisotopic (exact) mass is 338 g/mol. The molecule has 2 aliphatic carbocycles. The number of methoxy groups -OCH3 is 2. The molecular weight excluding hydrogens is 308 g/mol. The highest BCUT2D eigenvalue weighted by molar-refractivity contribution is 5.69. The van der Waals surface area contributed by atoms with Crippen LogP contribution in [0.25, 0.3) is 11.6 Å². The molecule has 134 valence electrons. The van der Waals surface area contributed by atoms with Crippen LogP contribution in [0.1, 0.15) is 33.3 Å². The van der Waals surface area contributed by atoms with Gasteiger partial charge in [0.15, 0.2) is 0 Å². The third kappa shape index (κ3) is 3.80. The molecule has 2 nitrogen and oxygen atoms in total. The van der Waals surface area contributed by atoms with Crippen LogP contribution in [0.4, 0.5) is 0 Å². The van der Waals surface area contributed by atoms with Crippen molar-refractivity contribution in [2.24, 2.45) is 5.92 Å². The van der Waals surface area contributed by atoms with Gasteiger partial charge in [-0.1, -0.05) is 49.3 Å². The molecule has 0 amide bonds. The maximum Gasteiger partial charge on any atom is 0.107 e. The van der Waals surface area contributed by atoms with Gasteiger partial charge >= 0.3 is 0 Å². The van der Waals surface area contributed by atoms with Gasteiger partial charge in [-0.25, -0.2) is 0 Å². The molecule has 2 heteroatoms. The molecule has 3 rings (SSSR count). The molecule has 0 radical (unpaired) electrons. The number of hydrogen-bond acceptors (Lipinski definition) is 2. The van der Waals surface area contributed by atoms with Crippen molar-refractivity contribution in [2.75, 3.05) is 20.8 Å². The fourth-order valence-corrected chi connectivity index (χ4v) is 3.48. The van der Waals surface area contributed by atoms with Gasteiger partial charge in [0, 0.05) is 7.11 Å². The van der Waals surface area contributed by atoms with Crippen molar-refractivity contribution in [3.63, 3.8) is 0 Å². The van der Waals surface area contributed by atoms with Crippen LogP contribution in [0.2, 0.25) is 0 Å². The summed E-state index contributed by atoms with van der Waals surface area (Å²) in [5, 5.41) is 2.57. The van der Waals surface area contributed by atoms with E-state index in [0.717, 1.165) is 5.76 Å². The maximum absolute atomic E-state index is 5.73. The third-order valence-electron chi connectivity index (χ3n) is 4.77. The molecular formula is C23H30O2. The van der Waals surface area contributed by atoms with E-state index in [1.165, 1.54) is 38.3 Å². The molecule has 0 heterocycles. The summed E-state index contributed by atoms with van der Waals surface area (Å²) in [6.45, 7) is 11.1. The van der Waals surface area contributed by atoms with Crippen LogP contribution in [0.15, 0.2) is 52.8 Å². The Hall–Kier alpha value is -2.06. The second-order valence-electron chi connectivity index (χ2n) is 6.36. The zero-order chi connectivity index (χ0) is 18.6. The molecule has 0 saturated heterocycles. The predicted molar refractivity (Wildman–Crippen MR) is 107 cm³/mol. The maximum atomic E-state index is 5.73. The van der Waals surface area contributed by atoms with Crippen LogP contribution in [0.5, 0.6) is 0 Å². The summed E-state index contributed by atoms with van der Waals surface area (Å²) >= 11 is 0. The molecule has 0 N–H and O–H groups in total. The van der Waals surface area contributed by atoms with E-state index in [9.17, 15) is 0 Å². The van der Waals surface area contributed by atoms with Gasteiger partial charge in [0.25, 0.3) is 0 Å². The third-order valence-corrected chi connectivity index (χ3v) is 4.77. The molecule has 25 heavy (non-hydrogen) atoms. The van der Waals surface area contributed by atoms with Crippen LogP contribution in [0, 0.1) is 12.8 Å². The first-order chi connectivity index (χ1) is 12.0. The fourth-order valence-electron chi connectivity index (χ4n) is 3.48. The quantitative estimate of drug-likeness (QED) is 0.828. The Morgan fingerprint density at radius 3 is 2.36 bits per heavy atom. The number of hydrogen-bond donors (Lipinski definition) is 0. The average Bonchev–Trinajstić information content (AvgIpc) is 2.83. The summed E-state index contributed by atoms with van der Waals surface area (Å²) in [5.41, 5.74) is 6.27. The lowest BCUT2D eigenvalue weighted by atomic mass is 9.95. The topological polar surface area (TPSA) is 18.5 Å². The first kappa shape index (κ1) is 19.3. The summed E-state index contributed by atoms with van der Waals surface area (Å²) < 4.78 is 11.2. The lowest BCUT2D eigenvalue weighted by Crippen LogP contribution is -2.28. The Morgan fingerprint density at radius 1 is 1.00 bits per heavy atom. The van der Waals surface area contributed by atoms with E-state index in [1.54, 1.807) is 14.2 Å². The highest BCUT2D eigenvalue weighted by atomic mass is 16.5. The molecule has 1 aromatic carbocycles. The molecule has 0 spiro atoms. The summed E-state index contributed by atoms with van der Waals surface area (Å²) in [6, 6.07) is 6.66. The zero-order valence-corrected chi connectivity index (χ0v) is 16.6. The molecule has 0 fully saturated rings. The van der Waals surface area contributed by atoms with Crippen LogP contribution in [-0.4, -0.2) is 20.8 Å². The van der Waals surface area contributed by atoms with Crippen molar-refractivity contribution in [2.45, 2.75) is 34.6 Å². The number of rotatable bonds is 3. The van der Waals surface area contributed by atoms with Gasteiger partial charge in [0.1, 0.15) is 5.76 Å². The molecule has 0 aliphatic heterocycles. The van der Waals surface area contributed by atoms with E-state index in [4.69, 9.17) is 9.47 Å². The zero-order valence-electron chi connectivity index (χ0n) is 16.6. The van der Waals surface area contributed by atoms with Gasteiger partial charge in [-0.15, -0.1) is 0 Å². The lowest BCUT2D eigenvalue weighted by molar-refractivity contribution is 0.227. The van der Waals surface area contributed by atoms with Gasteiger partial charge in [-0.05, 0) is 60.1 Å². The Labute approximate surface area is 151 Å². The van der Waals surface area contributed by atoms with E-state index < -0.39 is 0 Å². The van der Waals surface area contributed by atoms with Crippen LogP contribution in [0.3, 0.4) is 0 Å². The van der Waals surface area contributed by atoms with Crippen LogP contribution < -0.4 is 10.4 Å². The van der Waals surface area contributed by atoms with E-state index in [0.29, 0.717) is 6.61 Å². The smallest absolute Gasteiger partial charge is 0.107 e. The fraction of sp³-hybridized carbons (Fsp3) is 0.391. The second kappa shape index (κ2) is 8.35. The Bertz CT molecular complexity index is 851. The molecule has 2 bridgehead atoms. The number of benzene rings is 1. The highest BCUT2D eigenvalue weighted by Gasteiger charge is 2.23. The normalized spacial score (nSPS) is 18.7. The first-order valence-corrected chi connectivity index (χ1v) is 9.00. The minimum absolute atomic E-state index is 0.166. The van der Waals surface area contributed by atoms with E-state index in [1.807, 2.05) is 13.8 Å². The largest absolute Gasteiger partial charge is 0.500 e. The number of fused-ring (bicyclic) bond motifs is 2. The number of allylic oxidation sites excluding steroid dienone is 3. The van der Waals surface area contributed by atoms with Gasteiger partial charge in [0.2, 0.25) is 0 Å². The Balaban J connectivity index is 0.00000109.